The van der Waals surface area contributed by atoms with Crippen LogP contribution in [0.25, 0.3) is 0 Å². The van der Waals surface area contributed by atoms with Crippen LogP contribution in [0.1, 0.15) is 12.8 Å². The fourth-order valence-electron chi connectivity index (χ4n) is 2.94. The third kappa shape index (κ3) is 2.61. The van der Waals surface area contributed by atoms with Crippen LogP contribution < -0.4 is 14.8 Å². The van der Waals surface area contributed by atoms with E-state index in [9.17, 15) is 8.42 Å². The van der Waals surface area contributed by atoms with Crippen molar-refractivity contribution < 1.29 is 17.9 Å². The zero-order chi connectivity index (χ0) is 14.9. The predicted octanol–water partition coefficient (Wildman–Crippen LogP) is 0.830. The summed E-state index contributed by atoms with van der Waals surface area (Å²) in [7, 11) is -1.73. The Hall–Kier alpha value is -1.31. The number of fused-ring (bicyclic) bond motifs is 1. The van der Waals surface area contributed by atoms with Crippen molar-refractivity contribution in [2.24, 2.45) is 0 Å². The Morgan fingerprint density at radius 2 is 2.14 bits per heavy atom. The van der Waals surface area contributed by atoms with Gasteiger partial charge in [-0.25, -0.2) is 8.42 Å². The number of hydrogen-bond acceptors (Lipinski definition) is 5. The van der Waals surface area contributed by atoms with Crippen molar-refractivity contribution in [1.82, 2.24) is 9.62 Å². The Morgan fingerprint density at radius 3 is 2.95 bits per heavy atom. The molecule has 1 fully saturated rings. The van der Waals surface area contributed by atoms with E-state index in [0.29, 0.717) is 37.8 Å². The van der Waals surface area contributed by atoms with Crippen molar-refractivity contribution in [1.29, 1.82) is 0 Å². The molecule has 0 spiro atoms. The van der Waals surface area contributed by atoms with Crippen LogP contribution in [0.15, 0.2) is 23.1 Å². The van der Waals surface area contributed by atoms with E-state index in [1.54, 1.807) is 22.5 Å². The molecule has 1 aromatic carbocycles. The molecule has 0 radical (unpaired) electrons. The van der Waals surface area contributed by atoms with Crippen molar-refractivity contribution >= 4 is 10.0 Å². The molecule has 1 unspecified atom stereocenters. The predicted molar refractivity (Wildman–Crippen MR) is 78.3 cm³/mol. The van der Waals surface area contributed by atoms with Crippen molar-refractivity contribution in [2.45, 2.75) is 23.8 Å². The van der Waals surface area contributed by atoms with Gasteiger partial charge >= 0.3 is 0 Å². The highest BCUT2D eigenvalue weighted by molar-refractivity contribution is 7.89. The molecular weight excluding hydrogens is 292 g/mol. The summed E-state index contributed by atoms with van der Waals surface area (Å²) in [6.45, 7) is 2.03. The molecule has 0 amide bonds. The van der Waals surface area contributed by atoms with Crippen LogP contribution in [0.3, 0.4) is 0 Å². The van der Waals surface area contributed by atoms with Crippen molar-refractivity contribution in [3.05, 3.63) is 18.2 Å². The molecule has 1 N–H and O–H groups in total. The highest BCUT2D eigenvalue weighted by Gasteiger charge is 2.37. The monoisotopic (exact) mass is 312 g/mol. The van der Waals surface area contributed by atoms with Gasteiger partial charge in [0.15, 0.2) is 11.5 Å². The van der Waals surface area contributed by atoms with Crippen molar-refractivity contribution in [3.63, 3.8) is 0 Å². The number of nitrogens with zero attached hydrogens (tertiary/aromatic N) is 1. The minimum Gasteiger partial charge on any atom is -0.486 e. The van der Waals surface area contributed by atoms with Gasteiger partial charge in [-0.2, -0.15) is 4.31 Å². The lowest BCUT2D eigenvalue weighted by Gasteiger charge is -2.26. The molecule has 2 aliphatic heterocycles. The van der Waals surface area contributed by atoms with Gasteiger partial charge in [-0.15, -0.1) is 0 Å². The summed E-state index contributed by atoms with van der Waals surface area (Å²) in [6, 6.07) is 5.03. The summed E-state index contributed by atoms with van der Waals surface area (Å²) >= 11 is 0. The van der Waals surface area contributed by atoms with Gasteiger partial charge in [0.1, 0.15) is 18.1 Å². The molecule has 2 aliphatic rings. The molecule has 0 aromatic heterocycles. The van der Waals surface area contributed by atoms with E-state index in [1.165, 1.54) is 0 Å². The fourth-order valence-corrected chi connectivity index (χ4v) is 4.78. The van der Waals surface area contributed by atoms with Gasteiger partial charge in [-0.1, -0.05) is 6.07 Å². The third-order valence-electron chi connectivity index (χ3n) is 3.88. The van der Waals surface area contributed by atoms with Gasteiger partial charge in [-0.05, 0) is 32.0 Å². The van der Waals surface area contributed by atoms with Gasteiger partial charge in [0.05, 0.1) is 0 Å². The van der Waals surface area contributed by atoms with E-state index in [-0.39, 0.29) is 10.9 Å². The van der Waals surface area contributed by atoms with Crippen LogP contribution in [-0.4, -0.2) is 52.1 Å². The lowest BCUT2D eigenvalue weighted by molar-refractivity contribution is 0.166. The topological polar surface area (TPSA) is 67.9 Å². The Balaban J connectivity index is 1.99. The average molecular weight is 312 g/mol. The maximum Gasteiger partial charge on any atom is 0.247 e. The quantitative estimate of drug-likeness (QED) is 0.892. The van der Waals surface area contributed by atoms with E-state index >= 15 is 0 Å². The van der Waals surface area contributed by atoms with Crippen LogP contribution in [0.5, 0.6) is 11.5 Å². The summed E-state index contributed by atoms with van der Waals surface area (Å²) in [5.41, 5.74) is 0. The van der Waals surface area contributed by atoms with Gasteiger partial charge in [0.2, 0.25) is 10.0 Å². The SMILES string of the molecule is CNCC1CCCN1S(=O)(=O)c1cccc2c1OCCO2. The van der Waals surface area contributed by atoms with E-state index in [2.05, 4.69) is 5.32 Å². The zero-order valence-electron chi connectivity index (χ0n) is 12.0. The molecule has 7 heteroatoms. The van der Waals surface area contributed by atoms with Crippen molar-refractivity contribution in [2.75, 3.05) is 33.4 Å². The average Bonchev–Trinajstić information content (AvgIpc) is 2.96. The van der Waals surface area contributed by atoms with Gasteiger partial charge in [-0.3, -0.25) is 0 Å². The van der Waals surface area contributed by atoms with Crippen LogP contribution in [0.2, 0.25) is 0 Å². The summed E-state index contributed by atoms with van der Waals surface area (Å²) < 4.78 is 38.5. The number of para-hydroxylation sites is 1. The van der Waals surface area contributed by atoms with Crippen LogP contribution in [0, 0.1) is 0 Å². The van der Waals surface area contributed by atoms with Gasteiger partial charge < -0.3 is 14.8 Å². The van der Waals surface area contributed by atoms with E-state index in [1.807, 2.05) is 7.05 Å². The Bertz CT molecular complexity index is 617. The highest BCUT2D eigenvalue weighted by Crippen LogP contribution is 2.39. The van der Waals surface area contributed by atoms with Crippen LogP contribution >= 0.6 is 0 Å². The highest BCUT2D eigenvalue weighted by atomic mass is 32.2. The second-order valence-electron chi connectivity index (χ2n) is 5.25. The van der Waals surface area contributed by atoms with Gasteiger partial charge in [0, 0.05) is 19.1 Å². The smallest absolute Gasteiger partial charge is 0.247 e. The molecule has 116 valence electrons. The Kier molecular flexibility index (Phi) is 4.05. The maximum absolute atomic E-state index is 13.0. The number of benzene rings is 1. The molecular formula is C14H20N2O4S. The Labute approximate surface area is 125 Å². The number of sulfonamides is 1. The maximum atomic E-state index is 13.0. The third-order valence-corrected chi connectivity index (χ3v) is 5.86. The summed E-state index contributed by atoms with van der Waals surface area (Å²) in [4.78, 5) is 0.211. The zero-order valence-corrected chi connectivity index (χ0v) is 12.9. The molecule has 0 aliphatic carbocycles. The number of likely N-dealkylation sites (N-methyl/N-ethyl adjacent to an activating group) is 1. The molecule has 1 saturated heterocycles. The summed E-state index contributed by atoms with van der Waals surface area (Å²) in [5.74, 6) is 0.852. The molecule has 3 rings (SSSR count). The lowest BCUT2D eigenvalue weighted by Crippen LogP contribution is -2.41. The molecule has 2 heterocycles. The molecule has 21 heavy (non-hydrogen) atoms. The molecule has 6 nitrogen and oxygen atoms in total. The number of nitrogens with one attached hydrogen (secondary N) is 1. The van der Waals surface area contributed by atoms with Crippen LogP contribution in [0.4, 0.5) is 0 Å². The van der Waals surface area contributed by atoms with Crippen molar-refractivity contribution in [3.8, 4) is 11.5 Å². The van der Waals surface area contributed by atoms with E-state index in [0.717, 1.165) is 12.8 Å². The summed E-state index contributed by atoms with van der Waals surface area (Å²) in [6.07, 6.45) is 1.77. The second-order valence-corrected chi connectivity index (χ2v) is 7.11. The fraction of sp³-hybridized carbons (Fsp3) is 0.571. The first kappa shape index (κ1) is 14.6. The first-order valence-electron chi connectivity index (χ1n) is 7.19. The largest absolute Gasteiger partial charge is 0.486 e. The minimum atomic E-state index is -3.56. The number of ether oxygens (including phenoxy) is 2. The lowest BCUT2D eigenvalue weighted by atomic mass is 10.2. The molecule has 1 aromatic rings. The van der Waals surface area contributed by atoms with Gasteiger partial charge in [0.25, 0.3) is 0 Å². The second kappa shape index (κ2) is 5.82. The standard InChI is InChI=1S/C14H20N2O4S/c1-15-10-11-4-3-7-16(11)21(17,18)13-6-2-5-12-14(13)20-9-8-19-12/h2,5-6,11,15H,3-4,7-10H2,1H3. The first-order chi connectivity index (χ1) is 10.1. The Morgan fingerprint density at radius 1 is 1.33 bits per heavy atom. The number of hydrogen-bond donors (Lipinski definition) is 1. The van der Waals surface area contributed by atoms with E-state index in [4.69, 9.17) is 9.47 Å². The molecule has 0 bridgehead atoms. The normalized spacial score (nSPS) is 22.4. The summed E-state index contributed by atoms with van der Waals surface area (Å²) in [5, 5.41) is 3.06. The van der Waals surface area contributed by atoms with E-state index < -0.39 is 10.0 Å². The molecule has 1 atom stereocenters. The minimum absolute atomic E-state index is 0.000338. The first-order valence-corrected chi connectivity index (χ1v) is 8.63. The van der Waals surface area contributed by atoms with Crippen LogP contribution in [-0.2, 0) is 10.0 Å². The molecule has 0 saturated carbocycles. The number of rotatable bonds is 4.